The second-order valence-corrected chi connectivity index (χ2v) is 21.3. The molecule has 1 unspecified atom stereocenters. The first kappa shape index (κ1) is 69.4. The van der Waals surface area contributed by atoms with E-state index in [1.54, 1.807) is 0 Å². The van der Waals surface area contributed by atoms with Gasteiger partial charge in [0.05, 0.1) is 0 Å². The van der Waals surface area contributed by atoms with Crippen LogP contribution >= 0.6 is 0 Å². The standard InChI is InChI=1S/C66H120O6/c1-4-7-10-13-16-19-22-25-27-29-30-31-32-33-34-35-36-37-39-41-44-47-50-53-56-59-65(68)71-62-63(61-70-64(67)58-55-52-49-46-43-40-24-21-18-15-12-9-6-3)72-66(69)60-57-54-51-48-45-42-38-28-26-23-20-17-14-11-8-5-2/h12,15,21,24,28-30,38,63H,4-11,13-14,16-20,22-23,25-27,31-37,39-62H2,1-3H3/b15-12-,24-21-,30-29-,38-28-. The fourth-order valence-electron chi connectivity index (χ4n) is 9.24. The summed E-state index contributed by atoms with van der Waals surface area (Å²) >= 11 is 0. The molecule has 0 aliphatic heterocycles. The molecule has 1 atom stereocenters. The van der Waals surface area contributed by atoms with Crippen molar-refractivity contribution in [2.24, 2.45) is 0 Å². The molecular weight excluding hydrogens is 889 g/mol. The largest absolute Gasteiger partial charge is 0.462 e. The predicted molar refractivity (Wildman–Crippen MR) is 312 cm³/mol. The van der Waals surface area contributed by atoms with Crippen molar-refractivity contribution in [2.45, 2.75) is 341 Å². The molecule has 0 N–H and O–H groups in total. The number of unbranched alkanes of at least 4 members (excludes halogenated alkanes) is 39. The van der Waals surface area contributed by atoms with Crippen LogP contribution in [-0.2, 0) is 28.6 Å². The molecule has 0 saturated heterocycles. The smallest absolute Gasteiger partial charge is 0.306 e. The number of carbonyl (C=O) groups is 3. The van der Waals surface area contributed by atoms with E-state index in [-0.39, 0.29) is 31.1 Å². The number of carbonyl (C=O) groups excluding carboxylic acids is 3. The minimum atomic E-state index is -0.782. The summed E-state index contributed by atoms with van der Waals surface area (Å²) in [6, 6.07) is 0. The van der Waals surface area contributed by atoms with Gasteiger partial charge in [-0.3, -0.25) is 14.4 Å². The average molecular weight is 1010 g/mol. The molecule has 72 heavy (non-hydrogen) atoms. The summed E-state index contributed by atoms with van der Waals surface area (Å²) in [4.78, 5) is 38.2. The molecule has 0 aromatic heterocycles. The summed E-state index contributed by atoms with van der Waals surface area (Å²) < 4.78 is 16.9. The normalized spacial score (nSPS) is 12.3. The van der Waals surface area contributed by atoms with Crippen LogP contribution in [0.2, 0.25) is 0 Å². The molecule has 0 radical (unpaired) electrons. The van der Waals surface area contributed by atoms with Crippen molar-refractivity contribution in [3.8, 4) is 0 Å². The molecule has 420 valence electrons. The Morgan fingerprint density at radius 3 is 0.833 bits per heavy atom. The van der Waals surface area contributed by atoms with Crippen molar-refractivity contribution in [3.63, 3.8) is 0 Å². The number of ether oxygens (including phenoxy) is 3. The Balaban J connectivity index is 4.26. The lowest BCUT2D eigenvalue weighted by molar-refractivity contribution is -0.167. The van der Waals surface area contributed by atoms with E-state index in [1.807, 2.05) is 0 Å². The molecule has 0 aliphatic carbocycles. The Hall–Kier alpha value is -2.63. The number of hydrogen-bond donors (Lipinski definition) is 0. The van der Waals surface area contributed by atoms with Crippen LogP contribution in [0.4, 0.5) is 0 Å². The maximum atomic E-state index is 12.9. The predicted octanol–water partition coefficient (Wildman–Crippen LogP) is 21.4. The molecule has 0 saturated carbocycles. The van der Waals surface area contributed by atoms with E-state index in [4.69, 9.17) is 14.2 Å². The Morgan fingerprint density at radius 2 is 0.528 bits per heavy atom. The number of rotatable bonds is 58. The summed E-state index contributed by atoms with van der Waals surface area (Å²) in [5.41, 5.74) is 0. The highest BCUT2D eigenvalue weighted by Crippen LogP contribution is 2.17. The summed E-state index contributed by atoms with van der Waals surface area (Å²) in [5.74, 6) is -0.885. The molecule has 6 nitrogen and oxygen atoms in total. The zero-order chi connectivity index (χ0) is 52.2. The minimum absolute atomic E-state index is 0.0788. The van der Waals surface area contributed by atoms with Gasteiger partial charge in [0.25, 0.3) is 0 Å². The first-order valence-electron chi connectivity index (χ1n) is 31.6. The highest BCUT2D eigenvalue weighted by molar-refractivity contribution is 5.71. The third-order valence-electron chi connectivity index (χ3n) is 14.0. The maximum Gasteiger partial charge on any atom is 0.306 e. The van der Waals surface area contributed by atoms with Crippen LogP contribution < -0.4 is 0 Å². The molecule has 0 fully saturated rings. The van der Waals surface area contributed by atoms with Gasteiger partial charge in [-0.2, -0.15) is 0 Å². The first-order chi connectivity index (χ1) is 35.5. The second kappa shape index (κ2) is 60.9. The lowest BCUT2D eigenvalue weighted by Crippen LogP contribution is -2.30. The van der Waals surface area contributed by atoms with Gasteiger partial charge in [0.15, 0.2) is 6.10 Å². The van der Waals surface area contributed by atoms with Gasteiger partial charge in [-0.25, -0.2) is 0 Å². The molecule has 0 aliphatic rings. The topological polar surface area (TPSA) is 78.9 Å². The van der Waals surface area contributed by atoms with Gasteiger partial charge in [0.1, 0.15) is 13.2 Å². The molecule has 0 spiro atoms. The Bertz CT molecular complexity index is 1250. The molecule has 0 rings (SSSR count). The number of hydrogen-bond acceptors (Lipinski definition) is 6. The van der Waals surface area contributed by atoms with Crippen molar-refractivity contribution in [3.05, 3.63) is 48.6 Å². The van der Waals surface area contributed by atoms with Crippen LogP contribution in [0.15, 0.2) is 48.6 Å². The maximum absolute atomic E-state index is 12.9. The summed E-state index contributed by atoms with van der Waals surface area (Å²) in [7, 11) is 0. The van der Waals surface area contributed by atoms with E-state index in [2.05, 4.69) is 69.4 Å². The Kier molecular flexibility index (Phi) is 58.7. The van der Waals surface area contributed by atoms with Gasteiger partial charge in [0, 0.05) is 19.3 Å². The van der Waals surface area contributed by atoms with Crippen LogP contribution in [0.25, 0.3) is 0 Å². The van der Waals surface area contributed by atoms with Crippen LogP contribution in [0.3, 0.4) is 0 Å². The Morgan fingerprint density at radius 1 is 0.278 bits per heavy atom. The van der Waals surface area contributed by atoms with E-state index in [0.717, 1.165) is 96.3 Å². The third-order valence-corrected chi connectivity index (χ3v) is 14.0. The van der Waals surface area contributed by atoms with Gasteiger partial charge in [-0.15, -0.1) is 0 Å². The average Bonchev–Trinajstić information content (AvgIpc) is 3.38. The van der Waals surface area contributed by atoms with Crippen LogP contribution in [0.1, 0.15) is 335 Å². The van der Waals surface area contributed by atoms with E-state index < -0.39 is 6.10 Å². The van der Waals surface area contributed by atoms with E-state index >= 15 is 0 Å². The number of esters is 3. The van der Waals surface area contributed by atoms with Crippen LogP contribution in [0, 0.1) is 0 Å². The summed E-state index contributed by atoms with van der Waals surface area (Å²) in [6.45, 7) is 6.60. The fraction of sp³-hybridized carbons (Fsp3) is 0.833. The van der Waals surface area contributed by atoms with Crippen LogP contribution in [-0.4, -0.2) is 37.2 Å². The highest BCUT2D eigenvalue weighted by atomic mass is 16.6. The van der Waals surface area contributed by atoms with Gasteiger partial charge >= 0.3 is 17.9 Å². The van der Waals surface area contributed by atoms with Crippen molar-refractivity contribution in [1.82, 2.24) is 0 Å². The second-order valence-electron chi connectivity index (χ2n) is 21.3. The van der Waals surface area contributed by atoms with Crippen molar-refractivity contribution < 1.29 is 28.6 Å². The van der Waals surface area contributed by atoms with Gasteiger partial charge in [-0.05, 0) is 96.3 Å². The molecular formula is C66H120O6. The van der Waals surface area contributed by atoms with Gasteiger partial charge in [0.2, 0.25) is 0 Å². The van der Waals surface area contributed by atoms with Crippen molar-refractivity contribution in [2.75, 3.05) is 13.2 Å². The van der Waals surface area contributed by atoms with Crippen molar-refractivity contribution in [1.29, 1.82) is 0 Å². The Labute approximate surface area is 448 Å². The molecule has 0 aromatic carbocycles. The minimum Gasteiger partial charge on any atom is -0.462 e. The van der Waals surface area contributed by atoms with Gasteiger partial charge < -0.3 is 14.2 Å². The third kappa shape index (κ3) is 58.3. The van der Waals surface area contributed by atoms with E-state index in [0.29, 0.717) is 19.3 Å². The summed E-state index contributed by atoms with van der Waals surface area (Å²) in [6.07, 6.45) is 75.5. The zero-order valence-electron chi connectivity index (χ0n) is 48.2. The summed E-state index contributed by atoms with van der Waals surface area (Å²) in [5, 5.41) is 0. The lowest BCUT2D eigenvalue weighted by Gasteiger charge is -2.18. The van der Waals surface area contributed by atoms with E-state index in [9.17, 15) is 14.4 Å². The molecule has 0 heterocycles. The van der Waals surface area contributed by atoms with Crippen molar-refractivity contribution >= 4 is 17.9 Å². The molecule has 6 heteroatoms. The van der Waals surface area contributed by atoms with Gasteiger partial charge in [-0.1, -0.05) is 268 Å². The highest BCUT2D eigenvalue weighted by Gasteiger charge is 2.19. The lowest BCUT2D eigenvalue weighted by atomic mass is 10.0. The quantitative estimate of drug-likeness (QED) is 0.0261. The number of allylic oxidation sites excluding steroid dienone is 8. The molecule has 0 amide bonds. The molecule has 0 aromatic rings. The fourth-order valence-corrected chi connectivity index (χ4v) is 9.24. The SMILES string of the molecule is CCC/C=C\C/C=C\CCCCCCCC(=O)OCC(COC(=O)CCCCCCCCCCCCCCC/C=C\CCCCCCCCCC)OC(=O)CCCCCCC/C=C\CCCCCCCCC. The zero-order valence-corrected chi connectivity index (χ0v) is 48.2. The monoisotopic (exact) mass is 1010 g/mol. The van der Waals surface area contributed by atoms with Crippen LogP contribution in [0.5, 0.6) is 0 Å². The first-order valence-corrected chi connectivity index (χ1v) is 31.6. The van der Waals surface area contributed by atoms with E-state index in [1.165, 1.54) is 199 Å². The molecule has 0 bridgehead atoms.